The van der Waals surface area contributed by atoms with E-state index >= 15 is 0 Å². The summed E-state index contributed by atoms with van der Waals surface area (Å²) in [5, 5.41) is 11.3. The highest BCUT2D eigenvalue weighted by atomic mass is 16.5. The van der Waals surface area contributed by atoms with Crippen molar-refractivity contribution in [2.24, 2.45) is 0 Å². The zero-order valence-electron chi connectivity index (χ0n) is 18.9. The van der Waals surface area contributed by atoms with Gasteiger partial charge in [0.25, 0.3) is 0 Å². The summed E-state index contributed by atoms with van der Waals surface area (Å²) in [6, 6.07) is 12.6. The van der Waals surface area contributed by atoms with E-state index in [1.807, 2.05) is 24.3 Å². The molecule has 0 radical (unpaired) electrons. The molecule has 4 nitrogen and oxygen atoms in total. The first kappa shape index (κ1) is 23.5. The van der Waals surface area contributed by atoms with Gasteiger partial charge in [0.05, 0.1) is 12.6 Å². The van der Waals surface area contributed by atoms with Crippen LogP contribution in [0.4, 0.5) is 0 Å². The fourth-order valence-corrected chi connectivity index (χ4v) is 4.20. The molecule has 1 aromatic carbocycles. The van der Waals surface area contributed by atoms with Crippen LogP contribution in [0, 0.1) is 6.92 Å². The number of ether oxygens (including phenoxy) is 1. The molecule has 0 bridgehead atoms. The SMILES string of the molecule is C=CCCC(O)(CCC=C)c1ccc(CN(Cc2ccc(C)cc2)CC2CCCO2)o1. The standard InChI is InChI=1S/C27H37NO3/c1-4-6-16-27(29,17-7-5-2)26-15-14-25(31-26)21-28(20-24-9-8-18-30-24)19-23-12-10-22(3)11-13-23/h4-5,10-15,24,29H,1-2,6-9,16-21H2,3H3. The molecule has 1 atom stereocenters. The Balaban J connectivity index is 1.73. The van der Waals surface area contributed by atoms with Crippen molar-refractivity contribution in [1.82, 2.24) is 4.90 Å². The Labute approximate surface area is 187 Å². The molecule has 0 amide bonds. The Morgan fingerprint density at radius 1 is 1.06 bits per heavy atom. The first-order valence-electron chi connectivity index (χ1n) is 11.5. The van der Waals surface area contributed by atoms with Gasteiger partial charge >= 0.3 is 0 Å². The molecule has 31 heavy (non-hydrogen) atoms. The summed E-state index contributed by atoms with van der Waals surface area (Å²) < 4.78 is 12.1. The minimum absolute atomic E-state index is 0.275. The minimum atomic E-state index is -0.989. The van der Waals surface area contributed by atoms with Crippen LogP contribution < -0.4 is 0 Å². The van der Waals surface area contributed by atoms with E-state index in [4.69, 9.17) is 9.15 Å². The highest BCUT2D eigenvalue weighted by Gasteiger charge is 2.31. The molecule has 0 aliphatic carbocycles. The third kappa shape index (κ3) is 6.93. The lowest BCUT2D eigenvalue weighted by Crippen LogP contribution is -2.31. The van der Waals surface area contributed by atoms with Crippen LogP contribution in [0.15, 0.2) is 66.1 Å². The predicted molar refractivity (Wildman–Crippen MR) is 126 cm³/mol. The van der Waals surface area contributed by atoms with Crippen molar-refractivity contribution in [3.05, 3.63) is 84.4 Å². The fraction of sp³-hybridized carbons (Fsp3) is 0.481. The maximum Gasteiger partial charge on any atom is 0.135 e. The van der Waals surface area contributed by atoms with Crippen LogP contribution in [-0.4, -0.2) is 29.3 Å². The summed E-state index contributed by atoms with van der Waals surface area (Å²) in [6.45, 7) is 13.0. The van der Waals surface area contributed by atoms with Gasteiger partial charge in [-0.05, 0) is 63.1 Å². The maximum atomic E-state index is 11.3. The van der Waals surface area contributed by atoms with Crippen LogP contribution in [0.1, 0.15) is 61.2 Å². The van der Waals surface area contributed by atoms with Gasteiger partial charge in [-0.15, -0.1) is 13.2 Å². The van der Waals surface area contributed by atoms with Crippen LogP contribution in [0.2, 0.25) is 0 Å². The number of hydrogen-bond acceptors (Lipinski definition) is 4. The average molecular weight is 424 g/mol. The van der Waals surface area contributed by atoms with E-state index in [9.17, 15) is 5.11 Å². The summed E-state index contributed by atoms with van der Waals surface area (Å²) in [5.74, 6) is 1.51. The molecule has 2 heterocycles. The lowest BCUT2D eigenvalue weighted by molar-refractivity contribution is -0.00261. The van der Waals surface area contributed by atoms with E-state index in [0.29, 0.717) is 25.1 Å². The zero-order valence-corrected chi connectivity index (χ0v) is 18.9. The smallest absolute Gasteiger partial charge is 0.135 e. The van der Waals surface area contributed by atoms with E-state index in [0.717, 1.165) is 51.1 Å². The topological polar surface area (TPSA) is 45.8 Å². The van der Waals surface area contributed by atoms with Crippen molar-refractivity contribution in [3.8, 4) is 0 Å². The van der Waals surface area contributed by atoms with Crippen molar-refractivity contribution in [2.75, 3.05) is 13.2 Å². The van der Waals surface area contributed by atoms with Gasteiger partial charge in [-0.25, -0.2) is 0 Å². The quantitative estimate of drug-likeness (QED) is 0.408. The van der Waals surface area contributed by atoms with E-state index in [-0.39, 0.29) is 6.10 Å². The largest absolute Gasteiger partial charge is 0.462 e. The lowest BCUT2D eigenvalue weighted by atomic mass is 9.89. The van der Waals surface area contributed by atoms with Crippen LogP contribution >= 0.6 is 0 Å². The molecular formula is C27H37NO3. The number of hydrogen-bond donors (Lipinski definition) is 1. The molecule has 168 valence electrons. The van der Waals surface area contributed by atoms with Gasteiger partial charge in [-0.3, -0.25) is 4.90 Å². The summed E-state index contributed by atoms with van der Waals surface area (Å²) in [4.78, 5) is 2.38. The Bertz CT molecular complexity index is 805. The molecule has 4 heteroatoms. The second-order valence-corrected chi connectivity index (χ2v) is 8.74. The summed E-state index contributed by atoms with van der Waals surface area (Å²) >= 11 is 0. The Morgan fingerprint density at radius 3 is 2.39 bits per heavy atom. The van der Waals surface area contributed by atoms with Crippen LogP contribution in [0.25, 0.3) is 0 Å². The van der Waals surface area contributed by atoms with Gasteiger partial charge in [0.1, 0.15) is 17.1 Å². The molecule has 0 spiro atoms. The highest BCUT2D eigenvalue weighted by molar-refractivity contribution is 5.21. The van der Waals surface area contributed by atoms with Crippen molar-refractivity contribution in [1.29, 1.82) is 0 Å². The van der Waals surface area contributed by atoms with E-state index in [1.54, 1.807) is 0 Å². The zero-order chi connectivity index (χ0) is 22.1. The summed E-state index contributed by atoms with van der Waals surface area (Å²) in [5.41, 5.74) is 1.56. The highest BCUT2D eigenvalue weighted by Crippen LogP contribution is 2.33. The minimum Gasteiger partial charge on any atom is -0.462 e. The van der Waals surface area contributed by atoms with Crippen molar-refractivity contribution in [2.45, 2.75) is 70.2 Å². The van der Waals surface area contributed by atoms with Gasteiger partial charge in [0, 0.05) is 19.7 Å². The number of benzene rings is 1. The molecule has 3 rings (SSSR count). The molecule has 0 saturated carbocycles. The van der Waals surface area contributed by atoms with Gasteiger partial charge in [-0.2, -0.15) is 0 Å². The number of aliphatic hydroxyl groups is 1. The third-order valence-corrected chi connectivity index (χ3v) is 6.04. The number of rotatable bonds is 13. The van der Waals surface area contributed by atoms with E-state index < -0.39 is 5.60 Å². The van der Waals surface area contributed by atoms with Gasteiger partial charge in [0.2, 0.25) is 0 Å². The summed E-state index contributed by atoms with van der Waals surface area (Å²) in [6.07, 6.45) is 8.87. The van der Waals surface area contributed by atoms with Gasteiger partial charge < -0.3 is 14.3 Å². The van der Waals surface area contributed by atoms with Crippen LogP contribution in [-0.2, 0) is 23.4 Å². The molecule has 1 saturated heterocycles. The maximum absolute atomic E-state index is 11.3. The Kier molecular flexibility index (Phi) is 8.70. The summed E-state index contributed by atoms with van der Waals surface area (Å²) in [7, 11) is 0. The molecule has 1 aromatic heterocycles. The normalized spacial score (nSPS) is 16.7. The number of furan rings is 1. The van der Waals surface area contributed by atoms with Crippen molar-refractivity contribution in [3.63, 3.8) is 0 Å². The monoisotopic (exact) mass is 423 g/mol. The van der Waals surface area contributed by atoms with Crippen molar-refractivity contribution >= 4 is 0 Å². The number of nitrogens with zero attached hydrogens (tertiary/aromatic N) is 1. The number of allylic oxidation sites excluding steroid dienone is 2. The van der Waals surface area contributed by atoms with Crippen molar-refractivity contribution < 1.29 is 14.3 Å². The number of aryl methyl sites for hydroxylation is 1. The van der Waals surface area contributed by atoms with E-state index in [1.165, 1.54) is 11.1 Å². The lowest BCUT2D eigenvalue weighted by Gasteiger charge is -2.26. The average Bonchev–Trinajstić information content (AvgIpc) is 3.45. The third-order valence-electron chi connectivity index (χ3n) is 6.04. The first-order chi connectivity index (χ1) is 15.0. The molecule has 1 fully saturated rings. The molecule has 1 aliphatic rings. The molecule has 1 unspecified atom stereocenters. The van der Waals surface area contributed by atoms with Crippen LogP contribution in [0.3, 0.4) is 0 Å². The van der Waals surface area contributed by atoms with Gasteiger partial charge in [0.15, 0.2) is 0 Å². The molecule has 1 N–H and O–H groups in total. The van der Waals surface area contributed by atoms with Gasteiger partial charge in [-0.1, -0.05) is 42.0 Å². The van der Waals surface area contributed by atoms with E-state index in [2.05, 4.69) is 49.2 Å². The predicted octanol–water partition coefficient (Wildman–Crippen LogP) is 5.89. The fourth-order valence-electron chi connectivity index (χ4n) is 4.20. The molecule has 2 aromatic rings. The second-order valence-electron chi connectivity index (χ2n) is 8.74. The first-order valence-corrected chi connectivity index (χ1v) is 11.5. The van der Waals surface area contributed by atoms with Crippen LogP contribution in [0.5, 0.6) is 0 Å². The molecule has 1 aliphatic heterocycles. The second kappa shape index (κ2) is 11.5. The Hall–Kier alpha value is -2.14. The molecular weight excluding hydrogens is 386 g/mol. The Morgan fingerprint density at radius 2 is 1.77 bits per heavy atom.